The maximum absolute atomic E-state index is 13.5. The van der Waals surface area contributed by atoms with Crippen LogP contribution in [0.25, 0.3) is 0 Å². The van der Waals surface area contributed by atoms with Gasteiger partial charge in [0.2, 0.25) is 0 Å². The lowest BCUT2D eigenvalue weighted by Gasteiger charge is -2.17. The molecule has 0 saturated carbocycles. The Labute approximate surface area is 136 Å². The Morgan fingerprint density at radius 2 is 1.95 bits per heavy atom. The minimum absolute atomic E-state index is 0.0589. The van der Waals surface area contributed by atoms with E-state index in [1.165, 1.54) is 12.1 Å². The zero-order valence-corrected chi connectivity index (χ0v) is 13.6. The zero-order chi connectivity index (χ0) is 16.1. The molecule has 2 rings (SSSR count). The highest BCUT2D eigenvalue weighted by Gasteiger charge is 2.12. The van der Waals surface area contributed by atoms with Crippen LogP contribution in [0.2, 0.25) is 5.02 Å². The van der Waals surface area contributed by atoms with Crippen LogP contribution in [-0.2, 0) is 17.3 Å². The van der Waals surface area contributed by atoms with Crippen LogP contribution in [0, 0.1) is 5.82 Å². The van der Waals surface area contributed by atoms with Crippen LogP contribution in [0.5, 0.6) is 0 Å². The van der Waals surface area contributed by atoms with Crippen LogP contribution in [0.3, 0.4) is 0 Å². The molecule has 118 valence electrons. The van der Waals surface area contributed by atoms with Crippen LogP contribution in [-0.4, -0.2) is 22.2 Å². The van der Waals surface area contributed by atoms with E-state index < -0.39 is 16.6 Å². The summed E-state index contributed by atoms with van der Waals surface area (Å²) in [5.74, 6) is -0.505. The van der Waals surface area contributed by atoms with Crippen molar-refractivity contribution in [3.8, 4) is 0 Å². The summed E-state index contributed by atoms with van der Waals surface area (Å²) in [7, 11) is -1.00. The van der Waals surface area contributed by atoms with Crippen LogP contribution in [0.1, 0.15) is 17.2 Å². The maximum atomic E-state index is 13.5. The third-order valence-electron chi connectivity index (χ3n) is 3.34. The molecule has 0 aliphatic rings. The lowest BCUT2D eigenvalue weighted by atomic mass is 10.1. The Hall–Kier alpha value is -1.27. The molecular formula is C16H17ClFNO2S. The average molecular weight is 342 g/mol. The first-order valence-electron chi connectivity index (χ1n) is 6.73. The Balaban J connectivity index is 2.04. The topological polar surface area (TPSA) is 49.3 Å². The van der Waals surface area contributed by atoms with Crippen LogP contribution in [0.15, 0.2) is 47.4 Å². The predicted octanol–water partition coefficient (Wildman–Crippen LogP) is 3.04. The normalized spacial score (nSPS) is 13.8. The van der Waals surface area contributed by atoms with Crippen molar-refractivity contribution in [2.45, 2.75) is 17.5 Å². The molecule has 2 aromatic rings. The van der Waals surface area contributed by atoms with Gasteiger partial charge in [-0.05, 0) is 35.4 Å². The number of aliphatic hydroxyl groups excluding tert-OH is 1. The summed E-state index contributed by atoms with van der Waals surface area (Å²) in [5, 5.41) is 12.7. The van der Waals surface area contributed by atoms with E-state index >= 15 is 0 Å². The lowest BCUT2D eigenvalue weighted by molar-refractivity contribution is 0.243. The Morgan fingerprint density at radius 3 is 2.50 bits per heavy atom. The number of benzene rings is 2. The zero-order valence-electron chi connectivity index (χ0n) is 12.1. The molecule has 0 aromatic heterocycles. The number of rotatable bonds is 6. The van der Waals surface area contributed by atoms with Crippen LogP contribution < -0.4 is 5.32 Å². The standard InChI is InChI=1S/C16H17ClFNO2S/c1-22(21)13-5-2-11(3-6-13)9-19-16(10-20)12-4-7-14(17)15(18)8-12/h2-8,16,19-20H,9-10H2,1H3. The van der Waals surface area contributed by atoms with Gasteiger partial charge in [-0.25, -0.2) is 4.39 Å². The van der Waals surface area contributed by atoms with E-state index in [0.717, 1.165) is 10.5 Å². The quantitative estimate of drug-likeness (QED) is 0.849. The van der Waals surface area contributed by atoms with Gasteiger partial charge in [0.05, 0.1) is 17.7 Å². The lowest BCUT2D eigenvalue weighted by Crippen LogP contribution is -2.24. The van der Waals surface area contributed by atoms with Crippen molar-refractivity contribution in [1.29, 1.82) is 0 Å². The second kappa shape index (κ2) is 7.83. The van der Waals surface area contributed by atoms with E-state index in [4.69, 9.17) is 11.6 Å². The van der Waals surface area contributed by atoms with E-state index in [1.807, 2.05) is 24.3 Å². The van der Waals surface area contributed by atoms with E-state index in [9.17, 15) is 13.7 Å². The van der Waals surface area contributed by atoms with Crippen molar-refractivity contribution in [2.75, 3.05) is 12.9 Å². The molecule has 0 heterocycles. The Morgan fingerprint density at radius 1 is 1.27 bits per heavy atom. The molecule has 0 aliphatic heterocycles. The molecule has 2 N–H and O–H groups in total. The summed E-state index contributed by atoms with van der Waals surface area (Å²) in [6.45, 7) is 0.351. The third-order valence-corrected chi connectivity index (χ3v) is 4.58. The monoisotopic (exact) mass is 341 g/mol. The molecule has 0 aliphatic carbocycles. The average Bonchev–Trinajstić information content (AvgIpc) is 2.51. The molecule has 0 fully saturated rings. The van der Waals surface area contributed by atoms with Gasteiger partial charge in [0.25, 0.3) is 0 Å². The first-order valence-corrected chi connectivity index (χ1v) is 8.66. The van der Waals surface area contributed by atoms with Crippen LogP contribution in [0.4, 0.5) is 4.39 Å². The number of aliphatic hydroxyl groups is 1. The minimum atomic E-state index is -1.00. The highest BCUT2D eigenvalue weighted by Crippen LogP contribution is 2.20. The van der Waals surface area contributed by atoms with Gasteiger partial charge >= 0.3 is 0 Å². The van der Waals surface area contributed by atoms with Gasteiger partial charge in [0, 0.05) is 28.5 Å². The van der Waals surface area contributed by atoms with E-state index in [0.29, 0.717) is 12.1 Å². The summed E-state index contributed by atoms with van der Waals surface area (Å²) >= 11 is 5.66. The molecule has 0 saturated heterocycles. The first-order chi connectivity index (χ1) is 10.5. The Kier molecular flexibility index (Phi) is 6.08. The van der Waals surface area contributed by atoms with Gasteiger partial charge in [0.15, 0.2) is 0 Å². The molecule has 0 amide bonds. The fourth-order valence-electron chi connectivity index (χ4n) is 2.06. The number of hydrogen-bond donors (Lipinski definition) is 2. The molecule has 3 nitrogen and oxygen atoms in total. The number of hydrogen-bond acceptors (Lipinski definition) is 3. The van der Waals surface area contributed by atoms with Gasteiger partial charge in [-0.3, -0.25) is 4.21 Å². The first kappa shape index (κ1) is 17.1. The molecular weight excluding hydrogens is 325 g/mol. The number of nitrogens with one attached hydrogen (secondary N) is 1. The van der Waals surface area contributed by atoms with Crippen molar-refractivity contribution in [1.82, 2.24) is 5.32 Å². The second-order valence-corrected chi connectivity index (χ2v) is 6.67. The van der Waals surface area contributed by atoms with E-state index in [2.05, 4.69) is 5.32 Å². The summed E-state index contributed by atoms with van der Waals surface area (Å²) in [6, 6.07) is 11.5. The van der Waals surface area contributed by atoms with E-state index in [1.54, 1.807) is 12.3 Å². The van der Waals surface area contributed by atoms with Gasteiger partial charge in [0.1, 0.15) is 5.82 Å². The van der Waals surface area contributed by atoms with Crippen molar-refractivity contribution in [3.05, 3.63) is 64.4 Å². The highest BCUT2D eigenvalue weighted by molar-refractivity contribution is 7.84. The molecule has 22 heavy (non-hydrogen) atoms. The smallest absolute Gasteiger partial charge is 0.142 e. The summed E-state index contributed by atoms with van der Waals surface area (Å²) in [6.07, 6.45) is 1.63. The molecule has 0 radical (unpaired) electrons. The SMILES string of the molecule is CS(=O)c1ccc(CNC(CO)c2ccc(Cl)c(F)c2)cc1. The molecule has 2 unspecified atom stereocenters. The second-order valence-electron chi connectivity index (χ2n) is 4.89. The van der Waals surface area contributed by atoms with Gasteiger partial charge in [-0.1, -0.05) is 29.8 Å². The molecule has 2 aromatic carbocycles. The third kappa shape index (κ3) is 4.36. The molecule has 2 atom stereocenters. The molecule has 0 bridgehead atoms. The van der Waals surface area contributed by atoms with E-state index in [-0.39, 0.29) is 17.7 Å². The van der Waals surface area contributed by atoms with Crippen LogP contribution >= 0.6 is 11.6 Å². The van der Waals surface area contributed by atoms with Crippen molar-refractivity contribution in [3.63, 3.8) is 0 Å². The predicted molar refractivity (Wildman–Crippen MR) is 86.9 cm³/mol. The summed E-state index contributed by atoms with van der Waals surface area (Å²) in [4.78, 5) is 0.766. The molecule has 0 spiro atoms. The molecule has 6 heteroatoms. The van der Waals surface area contributed by atoms with Gasteiger partial charge < -0.3 is 10.4 Å². The maximum Gasteiger partial charge on any atom is 0.142 e. The highest BCUT2D eigenvalue weighted by atomic mass is 35.5. The minimum Gasteiger partial charge on any atom is -0.394 e. The van der Waals surface area contributed by atoms with Crippen molar-refractivity contribution < 1.29 is 13.7 Å². The summed E-state index contributed by atoms with van der Waals surface area (Å²) in [5.41, 5.74) is 1.62. The fourth-order valence-corrected chi connectivity index (χ4v) is 2.69. The van der Waals surface area contributed by atoms with Gasteiger partial charge in [-0.2, -0.15) is 0 Å². The summed E-state index contributed by atoms with van der Waals surface area (Å²) < 4.78 is 24.8. The number of halogens is 2. The Bertz CT molecular complexity index is 664. The van der Waals surface area contributed by atoms with Crippen molar-refractivity contribution in [2.24, 2.45) is 0 Å². The van der Waals surface area contributed by atoms with Crippen molar-refractivity contribution >= 4 is 22.4 Å². The largest absolute Gasteiger partial charge is 0.394 e. The van der Waals surface area contributed by atoms with Gasteiger partial charge in [-0.15, -0.1) is 0 Å². The fraction of sp³-hybridized carbons (Fsp3) is 0.250.